The first-order valence-corrected chi connectivity index (χ1v) is 16.1. The summed E-state index contributed by atoms with van der Waals surface area (Å²) in [6, 6.07) is 16.6. The van der Waals surface area contributed by atoms with E-state index in [1.807, 2.05) is 32.0 Å². The summed E-state index contributed by atoms with van der Waals surface area (Å²) >= 11 is 0. The molecule has 3 aliphatic heterocycles. The second kappa shape index (κ2) is 9.05. The molecule has 4 atom stereocenters. The van der Waals surface area contributed by atoms with E-state index in [0.29, 0.717) is 42.6 Å². The Morgan fingerprint density at radius 2 is 1.79 bits per heavy atom. The van der Waals surface area contributed by atoms with Crippen molar-refractivity contribution in [3.63, 3.8) is 0 Å². The number of carbonyl (C=O) groups is 1. The van der Waals surface area contributed by atoms with E-state index in [1.54, 1.807) is 16.4 Å². The summed E-state index contributed by atoms with van der Waals surface area (Å²) in [5.41, 5.74) is 3.38. The number of benzene rings is 2. The quantitative estimate of drug-likeness (QED) is 0.518. The van der Waals surface area contributed by atoms with Gasteiger partial charge in [-0.15, -0.1) is 0 Å². The summed E-state index contributed by atoms with van der Waals surface area (Å²) in [4.78, 5) is 17.7. The Kier molecular flexibility index (Phi) is 5.92. The Morgan fingerprint density at radius 3 is 2.54 bits per heavy atom. The number of rotatable bonds is 4. The largest absolute Gasteiger partial charge is 0.450 e. The first kappa shape index (κ1) is 25.5. The van der Waals surface area contributed by atoms with Crippen LogP contribution < -0.4 is 0 Å². The topological polar surface area (TPSA) is 69.9 Å². The van der Waals surface area contributed by atoms with Crippen LogP contribution >= 0.6 is 0 Å². The minimum absolute atomic E-state index is 0.0302. The molecule has 208 valence electrons. The first-order valence-electron chi connectivity index (χ1n) is 14.6. The Morgan fingerprint density at radius 1 is 1.05 bits per heavy atom. The van der Waals surface area contributed by atoms with Crippen LogP contribution in [0.2, 0.25) is 0 Å². The zero-order valence-corrected chi connectivity index (χ0v) is 23.8. The molecule has 2 aliphatic carbocycles. The number of fused-ring (bicyclic) bond motifs is 2. The molecule has 2 saturated heterocycles. The van der Waals surface area contributed by atoms with Gasteiger partial charge in [0.25, 0.3) is 0 Å². The van der Waals surface area contributed by atoms with E-state index >= 15 is 0 Å². The van der Waals surface area contributed by atoms with E-state index in [2.05, 4.69) is 28.0 Å². The van der Waals surface area contributed by atoms with E-state index in [4.69, 9.17) is 4.74 Å². The van der Waals surface area contributed by atoms with Crippen LogP contribution in [0.25, 0.3) is 0 Å². The minimum Gasteiger partial charge on any atom is -0.450 e. The van der Waals surface area contributed by atoms with Crippen molar-refractivity contribution in [1.82, 2.24) is 14.1 Å². The average Bonchev–Trinajstić information content (AvgIpc) is 3.19. The van der Waals surface area contributed by atoms with Crippen LogP contribution in [0.5, 0.6) is 0 Å². The van der Waals surface area contributed by atoms with Gasteiger partial charge in [0.15, 0.2) is 0 Å². The molecule has 3 heterocycles. The van der Waals surface area contributed by atoms with Crippen molar-refractivity contribution in [3.8, 4) is 0 Å². The van der Waals surface area contributed by atoms with Crippen molar-refractivity contribution in [2.24, 2.45) is 5.92 Å². The van der Waals surface area contributed by atoms with Crippen LogP contribution in [0.15, 0.2) is 53.4 Å². The number of hydrogen-bond donors (Lipinski definition) is 0. The highest BCUT2D eigenvalue weighted by Gasteiger charge is 2.75. The number of carbonyl (C=O) groups excluding carboxylic acids is 1. The van der Waals surface area contributed by atoms with Gasteiger partial charge in [0.05, 0.1) is 23.1 Å². The molecule has 4 fully saturated rings. The van der Waals surface area contributed by atoms with Crippen LogP contribution in [0, 0.1) is 12.8 Å². The van der Waals surface area contributed by atoms with Gasteiger partial charge in [0.2, 0.25) is 10.0 Å². The second-order valence-electron chi connectivity index (χ2n) is 12.5. The molecule has 3 unspecified atom stereocenters. The fourth-order valence-electron chi connectivity index (χ4n) is 8.77. The van der Waals surface area contributed by atoms with Gasteiger partial charge in [-0.2, -0.15) is 4.31 Å². The van der Waals surface area contributed by atoms with Gasteiger partial charge in [-0.25, -0.2) is 13.2 Å². The molecular weight excluding hydrogens is 510 g/mol. The highest BCUT2D eigenvalue weighted by Crippen LogP contribution is 2.65. The van der Waals surface area contributed by atoms with Gasteiger partial charge < -0.3 is 9.64 Å². The fourth-order valence-corrected chi connectivity index (χ4v) is 10.3. The molecule has 39 heavy (non-hydrogen) atoms. The normalized spacial score (nSPS) is 31.5. The van der Waals surface area contributed by atoms with Gasteiger partial charge >= 0.3 is 6.09 Å². The molecule has 2 aromatic carbocycles. The summed E-state index contributed by atoms with van der Waals surface area (Å²) in [5.74, 6) is 0.582. The average molecular weight is 550 g/mol. The monoisotopic (exact) mass is 549 g/mol. The maximum absolute atomic E-state index is 13.8. The predicted molar refractivity (Wildman–Crippen MR) is 149 cm³/mol. The van der Waals surface area contributed by atoms with Crippen LogP contribution in [0.3, 0.4) is 0 Å². The van der Waals surface area contributed by atoms with Crippen molar-refractivity contribution in [2.45, 2.75) is 86.9 Å². The van der Waals surface area contributed by atoms with Gasteiger partial charge in [-0.1, -0.05) is 42.0 Å². The van der Waals surface area contributed by atoms with Gasteiger partial charge in [-0.05, 0) is 94.6 Å². The van der Waals surface area contributed by atoms with Crippen LogP contribution in [0.4, 0.5) is 4.79 Å². The van der Waals surface area contributed by atoms with Gasteiger partial charge in [-0.3, -0.25) is 4.90 Å². The number of ether oxygens (including phenoxy) is 1. The highest BCUT2D eigenvalue weighted by molar-refractivity contribution is 7.89. The highest BCUT2D eigenvalue weighted by atomic mass is 32.2. The SMILES string of the molecule is CCOC(=O)N1C2CCC3CC(N4CCC5(CC4)CN(S(=O)(=O)c4ccc(C)cc4)Cc4ccccc45)C[C@@]321. The molecule has 2 aromatic rings. The third kappa shape index (κ3) is 3.81. The zero-order valence-electron chi connectivity index (χ0n) is 23.0. The van der Waals surface area contributed by atoms with Crippen molar-refractivity contribution in [2.75, 3.05) is 26.2 Å². The number of sulfonamides is 1. The van der Waals surface area contributed by atoms with E-state index in [1.165, 1.54) is 12.0 Å². The Balaban J connectivity index is 1.10. The lowest BCUT2D eigenvalue weighted by Gasteiger charge is -2.49. The molecule has 0 bridgehead atoms. The maximum atomic E-state index is 13.8. The van der Waals surface area contributed by atoms with Gasteiger partial charge in [0, 0.05) is 24.5 Å². The molecule has 8 heteroatoms. The fraction of sp³-hybridized carbons (Fsp3) is 0.581. The number of aryl methyl sites for hydroxylation is 1. The van der Waals surface area contributed by atoms with E-state index in [-0.39, 0.29) is 17.0 Å². The number of hydrogen-bond acceptors (Lipinski definition) is 5. The summed E-state index contributed by atoms with van der Waals surface area (Å²) in [6.07, 6.45) is 6.31. The number of nitrogens with zero attached hydrogens (tertiary/aromatic N) is 3. The third-order valence-corrected chi connectivity index (χ3v) is 12.5. The number of likely N-dealkylation sites (tertiary alicyclic amines) is 2. The Bertz CT molecular complexity index is 1380. The smallest absolute Gasteiger partial charge is 0.410 e. The summed E-state index contributed by atoms with van der Waals surface area (Å²) in [6.45, 7) is 7.17. The molecule has 5 aliphatic rings. The predicted octanol–water partition coefficient (Wildman–Crippen LogP) is 4.69. The van der Waals surface area contributed by atoms with Crippen LogP contribution in [-0.2, 0) is 26.7 Å². The summed E-state index contributed by atoms with van der Waals surface area (Å²) in [5, 5.41) is 0. The molecule has 0 radical (unpaired) electrons. The zero-order chi connectivity index (χ0) is 27.0. The first-order chi connectivity index (χ1) is 18.8. The molecule has 2 spiro atoms. The molecule has 0 N–H and O–H groups in total. The molecule has 7 nitrogen and oxygen atoms in total. The summed E-state index contributed by atoms with van der Waals surface area (Å²) in [7, 11) is -3.59. The summed E-state index contributed by atoms with van der Waals surface area (Å²) < 4.78 is 34.6. The third-order valence-electron chi connectivity index (χ3n) is 10.7. The maximum Gasteiger partial charge on any atom is 0.410 e. The van der Waals surface area contributed by atoms with Crippen LogP contribution in [-0.4, -0.2) is 72.5 Å². The van der Waals surface area contributed by atoms with Crippen molar-refractivity contribution in [3.05, 3.63) is 65.2 Å². The number of amides is 1. The molecule has 2 saturated carbocycles. The van der Waals surface area contributed by atoms with Crippen molar-refractivity contribution >= 4 is 16.1 Å². The molecule has 0 aromatic heterocycles. The van der Waals surface area contributed by atoms with E-state index in [0.717, 1.165) is 56.3 Å². The van der Waals surface area contributed by atoms with Gasteiger partial charge in [0.1, 0.15) is 0 Å². The lowest BCUT2D eigenvalue weighted by molar-refractivity contribution is 0.0936. The van der Waals surface area contributed by atoms with E-state index < -0.39 is 10.0 Å². The lowest BCUT2D eigenvalue weighted by Crippen LogP contribution is -2.54. The van der Waals surface area contributed by atoms with Crippen LogP contribution in [0.1, 0.15) is 62.1 Å². The molecule has 7 rings (SSSR count). The lowest BCUT2D eigenvalue weighted by atomic mass is 9.69. The van der Waals surface area contributed by atoms with Crippen molar-refractivity contribution in [1.29, 1.82) is 0 Å². The van der Waals surface area contributed by atoms with Crippen molar-refractivity contribution < 1.29 is 17.9 Å². The Hall–Kier alpha value is -2.42. The second-order valence-corrected chi connectivity index (χ2v) is 14.4. The standard InChI is InChI=1S/C31H39N3O4S/c1-3-38-29(35)34-28-13-10-24-18-25(19-31(24,28)34)32-16-14-30(15-17-32)21-33(20-23-6-4-5-7-27(23)30)39(36,37)26-11-8-22(2)9-12-26/h4-9,11-12,24-25,28H,3,10,13-21H2,1-2H3/t24?,25?,28?,31-,34?/m1/s1. The van der Waals surface area contributed by atoms with E-state index in [9.17, 15) is 13.2 Å². The molecule has 1 amide bonds. The minimum atomic E-state index is -3.59. The Labute approximate surface area is 232 Å². The number of piperidine rings is 2. The molecular formula is C31H39N3O4S.